The van der Waals surface area contributed by atoms with Crippen LogP contribution in [-0.4, -0.2) is 28.5 Å². The average Bonchev–Trinajstić information content (AvgIpc) is 2.89. The molecule has 2 aromatic rings. The Hall–Kier alpha value is -1.92. The summed E-state index contributed by atoms with van der Waals surface area (Å²) in [5.41, 5.74) is 5.75. The van der Waals surface area contributed by atoms with E-state index < -0.39 is 6.04 Å². The first kappa shape index (κ1) is 13.5. The number of ether oxygens (including phenoxy) is 1. The van der Waals surface area contributed by atoms with Crippen LogP contribution in [0.15, 0.2) is 34.9 Å². The number of nitrogens with two attached hydrogens (primary N) is 1. The van der Waals surface area contributed by atoms with Crippen molar-refractivity contribution in [1.29, 1.82) is 0 Å². The molecule has 0 spiro atoms. The fourth-order valence-electron chi connectivity index (χ4n) is 1.56. The van der Waals surface area contributed by atoms with Crippen molar-refractivity contribution in [2.75, 3.05) is 13.2 Å². The molecule has 102 valence electrons. The topological polar surface area (TPSA) is 94.4 Å². The first-order valence-corrected chi connectivity index (χ1v) is 6.16. The molecule has 1 atom stereocenters. The molecule has 1 aromatic carbocycles. The van der Waals surface area contributed by atoms with E-state index in [4.69, 9.17) is 20.1 Å². The molecule has 0 saturated carbocycles. The van der Waals surface area contributed by atoms with Crippen molar-refractivity contribution in [2.45, 2.75) is 18.9 Å². The third-order valence-electron chi connectivity index (χ3n) is 2.58. The molecular formula is C13H17N3O3. The highest BCUT2D eigenvalue weighted by molar-refractivity contribution is 5.20. The van der Waals surface area contributed by atoms with Gasteiger partial charge in [0.1, 0.15) is 5.75 Å². The predicted octanol–water partition coefficient (Wildman–Crippen LogP) is 1.07. The van der Waals surface area contributed by atoms with Gasteiger partial charge in [-0.05, 0) is 18.6 Å². The van der Waals surface area contributed by atoms with E-state index in [1.54, 1.807) is 0 Å². The van der Waals surface area contributed by atoms with Crippen LogP contribution in [0.5, 0.6) is 5.75 Å². The third kappa shape index (κ3) is 4.04. The van der Waals surface area contributed by atoms with Gasteiger partial charge in [-0.15, -0.1) is 0 Å². The van der Waals surface area contributed by atoms with E-state index in [1.807, 2.05) is 30.3 Å². The van der Waals surface area contributed by atoms with Gasteiger partial charge in [0.2, 0.25) is 5.89 Å². The monoisotopic (exact) mass is 263 g/mol. The minimum atomic E-state index is -0.415. The molecule has 0 saturated heterocycles. The number of aliphatic hydroxyl groups excluding tert-OH is 1. The summed E-state index contributed by atoms with van der Waals surface area (Å²) in [6.07, 6.45) is 0.951. The molecule has 0 amide bonds. The van der Waals surface area contributed by atoms with Crippen molar-refractivity contribution in [1.82, 2.24) is 10.1 Å². The Morgan fingerprint density at radius 1 is 1.32 bits per heavy atom. The quantitative estimate of drug-likeness (QED) is 0.776. The summed E-state index contributed by atoms with van der Waals surface area (Å²) in [5.74, 6) is 1.71. The summed E-state index contributed by atoms with van der Waals surface area (Å²) < 4.78 is 10.6. The maximum atomic E-state index is 8.78. The van der Waals surface area contributed by atoms with Gasteiger partial charge in [0.05, 0.1) is 12.6 Å². The molecule has 0 radical (unpaired) electrons. The Morgan fingerprint density at radius 3 is 2.84 bits per heavy atom. The van der Waals surface area contributed by atoms with Crippen LogP contribution in [0.1, 0.15) is 24.2 Å². The lowest BCUT2D eigenvalue weighted by molar-refractivity contribution is 0.258. The van der Waals surface area contributed by atoms with E-state index in [1.165, 1.54) is 0 Å². The van der Waals surface area contributed by atoms with E-state index >= 15 is 0 Å². The van der Waals surface area contributed by atoms with Crippen molar-refractivity contribution >= 4 is 0 Å². The average molecular weight is 263 g/mol. The first-order valence-electron chi connectivity index (χ1n) is 6.16. The molecule has 6 nitrogen and oxygen atoms in total. The van der Waals surface area contributed by atoms with Gasteiger partial charge in [0.25, 0.3) is 0 Å². The summed E-state index contributed by atoms with van der Waals surface area (Å²) in [4.78, 5) is 4.17. The van der Waals surface area contributed by atoms with Gasteiger partial charge < -0.3 is 20.1 Å². The molecule has 6 heteroatoms. The van der Waals surface area contributed by atoms with Crippen LogP contribution in [0, 0.1) is 0 Å². The van der Waals surface area contributed by atoms with E-state index in [2.05, 4.69) is 10.1 Å². The number of benzene rings is 1. The zero-order valence-electron chi connectivity index (χ0n) is 10.5. The molecule has 0 aliphatic rings. The maximum absolute atomic E-state index is 8.78. The van der Waals surface area contributed by atoms with Gasteiger partial charge in [-0.1, -0.05) is 23.4 Å². The summed E-state index contributed by atoms with van der Waals surface area (Å²) in [6.45, 7) is 0.466. The van der Waals surface area contributed by atoms with Crippen LogP contribution < -0.4 is 10.5 Å². The number of rotatable bonds is 7. The molecule has 0 aliphatic heterocycles. The normalized spacial score (nSPS) is 12.3. The third-order valence-corrected chi connectivity index (χ3v) is 2.58. The van der Waals surface area contributed by atoms with Crippen molar-refractivity contribution in [3.8, 4) is 5.75 Å². The Balaban J connectivity index is 1.80. The second-order valence-electron chi connectivity index (χ2n) is 4.08. The van der Waals surface area contributed by atoms with Gasteiger partial charge in [0.15, 0.2) is 5.82 Å². The molecule has 19 heavy (non-hydrogen) atoms. The standard InChI is InChI=1S/C13H17N3O3/c14-11(6-8-17)13-15-12(16-19-13)7-9-18-10-4-2-1-3-5-10/h1-5,11,17H,6-9,14H2. The van der Waals surface area contributed by atoms with Crippen LogP contribution in [0.3, 0.4) is 0 Å². The minimum absolute atomic E-state index is 0.00397. The number of para-hydroxylation sites is 1. The smallest absolute Gasteiger partial charge is 0.243 e. The fourth-order valence-corrected chi connectivity index (χ4v) is 1.56. The predicted molar refractivity (Wildman–Crippen MR) is 68.6 cm³/mol. The van der Waals surface area contributed by atoms with Gasteiger partial charge in [-0.25, -0.2) is 0 Å². The highest BCUT2D eigenvalue weighted by Gasteiger charge is 2.13. The van der Waals surface area contributed by atoms with E-state index in [0.717, 1.165) is 5.75 Å². The van der Waals surface area contributed by atoms with Crippen LogP contribution in [0.2, 0.25) is 0 Å². The Labute approximate surface area is 111 Å². The lowest BCUT2D eigenvalue weighted by Crippen LogP contribution is -2.12. The van der Waals surface area contributed by atoms with Gasteiger partial charge >= 0.3 is 0 Å². The number of aromatic nitrogens is 2. The lowest BCUT2D eigenvalue weighted by Gasteiger charge is -2.03. The number of hydrogen-bond donors (Lipinski definition) is 2. The SMILES string of the molecule is NC(CCO)c1nc(CCOc2ccccc2)no1. The summed E-state index contributed by atoms with van der Waals surface area (Å²) >= 11 is 0. The van der Waals surface area contributed by atoms with Gasteiger partial charge in [0, 0.05) is 13.0 Å². The zero-order chi connectivity index (χ0) is 13.5. The highest BCUT2D eigenvalue weighted by atomic mass is 16.5. The molecule has 1 heterocycles. The lowest BCUT2D eigenvalue weighted by atomic mass is 10.2. The second kappa shape index (κ2) is 6.86. The highest BCUT2D eigenvalue weighted by Crippen LogP contribution is 2.12. The Morgan fingerprint density at radius 2 is 2.11 bits per heavy atom. The first-order chi connectivity index (χ1) is 9.29. The Bertz CT molecular complexity index is 487. The summed E-state index contributed by atoms with van der Waals surface area (Å²) in [7, 11) is 0. The molecule has 3 N–H and O–H groups in total. The number of hydrogen-bond acceptors (Lipinski definition) is 6. The van der Waals surface area contributed by atoms with Crippen molar-refractivity contribution in [2.24, 2.45) is 5.73 Å². The van der Waals surface area contributed by atoms with E-state index in [-0.39, 0.29) is 6.61 Å². The van der Waals surface area contributed by atoms with Gasteiger partial charge in [-0.3, -0.25) is 0 Å². The number of nitrogens with zero attached hydrogens (tertiary/aromatic N) is 2. The molecule has 1 unspecified atom stereocenters. The molecular weight excluding hydrogens is 246 g/mol. The summed E-state index contributed by atoms with van der Waals surface area (Å²) in [5, 5.41) is 12.6. The van der Waals surface area contributed by atoms with Crippen LogP contribution >= 0.6 is 0 Å². The van der Waals surface area contributed by atoms with Crippen molar-refractivity contribution in [3.05, 3.63) is 42.0 Å². The zero-order valence-corrected chi connectivity index (χ0v) is 10.5. The van der Waals surface area contributed by atoms with Crippen molar-refractivity contribution < 1.29 is 14.4 Å². The molecule has 0 bridgehead atoms. The molecule has 0 fully saturated rings. The molecule has 1 aromatic heterocycles. The van der Waals surface area contributed by atoms with E-state index in [0.29, 0.717) is 31.2 Å². The Kier molecular flexibility index (Phi) is 4.88. The van der Waals surface area contributed by atoms with E-state index in [9.17, 15) is 0 Å². The number of aliphatic hydroxyl groups is 1. The largest absolute Gasteiger partial charge is 0.493 e. The second-order valence-corrected chi connectivity index (χ2v) is 4.08. The minimum Gasteiger partial charge on any atom is -0.493 e. The van der Waals surface area contributed by atoms with Crippen LogP contribution in [0.25, 0.3) is 0 Å². The van der Waals surface area contributed by atoms with Crippen molar-refractivity contribution in [3.63, 3.8) is 0 Å². The van der Waals surface area contributed by atoms with Crippen LogP contribution in [0.4, 0.5) is 0 Å². The maximum Gasteiger partial charge on any atom is 0.243 e. The molecule has 0 aliphatic carbocycles. The molecule has 2 rings (SSSR count). The summed E-state index contributed by atoms with van der Waals surface area (Å²) in [6, 6.07) is 9.12. The fraction of sp³-hybridized carbons (Fsp3) is 0.385. The van der Waals surface area contributed by atoms with Crippen LogP contribution in [-0.2, 0) is 6.42 Å². The van der Waals surface area contributed by atoms with Gasteiger partial charge in [-0.2, -0.15) is 4.98 Å².